The maximum Gasteiger partial charge on any atom is 0.306 e. The Bertz CT molecular complexity index is 1350. The first-order valence-corrected chi connectivity index (χ1v) is 24.5. The maximum absolute atomic E-state index is 12.8. The van der Waals surface area contributed by atoms with Crippen LogP contribution in [0.3, 0.4) is 0 Å². The summed E-state index contributed by atoms with van der Waals surface area (Å²) in [5.41, 5.74) is 0. The van der Waals surface area contributed by atoms with Crippen molar-refractivity contribution in [1.29, 1.82) is 0 Å². The molecule has 0 aliphatic carbocycles. The Morgan fingerprint density at radius 1 is 0.339 bits per heavy atom. The third-order valence-corrected chi connectivity index (χ3v) is 9.68. The Morgan fingerprint density at radius 2 is 0.629 bits per heavy atom. The Kier molecular flexibility index (Phi) is 46.1. The summed E-state index contributed by atoms with van der Waals surface area (Å²) < 4.78 is 16.7. The fourth-order valence-electron chi connectivity index (χ4n) is 6.03. The van der Waals surface area contributed by atoms with E-state index < -0.39 is 6.10 Å². The normalized spacial score (nSPS) is 13.1. The molecule has 0 saturated carbocycles. The predicted octanol–water partition coefficient (Wildman–Crippen LogP) is 16.1. The van der Waals surface area contributed by atoms with Gasteiger partial charge >= 0.3 is 17.9 Å². The highest BCUT2D eigenvalue weighted by Crippen LogP contribution is 2.11. The Hall–Kier alpha value is -4.19. The third kappa shape index (κ3) is 46.9. The molecule has 0 bridgehead atoms. The van der Waals surface area contributed by atoms with Crippen LogP contribution in [0.2, 0.25) is 0 Å². The van der Waals surface area contributed by atoms with E-state index in [1.54, 1.807) is 0 Å². The second kappa shape index (κ2) is 49.5. The van der Waals surface area contributed by atoms with E-state index in [1.807, 2.05) is 0 Å². The summed E-state index contributed by atoms with van der Waals surface area (Å²) >= 11 is 0. The van der Waals surface area contributed by atoms with E-state index in [0.717, 1.165) is 122 Å². The van der Waals surface area contributed by atoms with Crippen LogP contribution >= 0.6 is 0 Å². The van der Waals surface area contributed by atoms with Crippen LogP contribution in [-0.4, -0.2) is 37.2 Å². The highest BCUT2D eigenvalue weighted by atomic mass is 16.6. The van der Waals surface area contributed by atoms with Gasteiger partial charge in [-0.05, 0) is 122 Å². The lowest BCUT2D eigenvalue weighted by Gasteiger charge is -2.18. The van der Waals surface area contributed by atoms with Crippen molar-refractivity contribution in [2.24, 2.45) is 0 Å². The van der Waals surface area contributed by atoms with E-state index in [4.69, 9.17) is 14.2 Å². The summed E-state index contributed by atoms with van der Waals surface area (Å²) in [5.74, 6) is -1.03. The molecule has 62 heavy (non-hydrogen) atoms. The zero-order valence-electron chi connectivity index (χ0n) is 39.6. The average Bonchev–Trinajstić information content (AvgIpc) is 3.27. The minimum atomic E-state index is -0.825. The van der Waals surface area contributed by atoms with Crippen LogP contribution in [0, 0.1) is 0 Å². The van der Waals surface area contributed by atoms with Gasteiger partial charge in [0.15, 0.2) is 6.10 Å². The van der Waals surface area contributed by atoms with Crippen molar-refractivity contribution in [2.45, 2.75) is 200 Å². The summed E-state index contributed by atoms with van der Waals surface area (Å²) in [6.45, 7) is 6.26. The molecule has 0 aliphatic rings. The largest absolute Gasteiger partial charge is 0.462 e. The van der Waals surface area contributed by atoms with Gasteiger partial charge in [-0.3, -0.25) is 14.4 Å². The topological polar surface area (TPSA) is 78.9 Å². The van der Waals surface area contributed by atoms with Gasteiger partial charge in [-0.1, -0.05) is 174 Å². The van der Waals surface area contributed by atoms with Crippen LogP contribution in [0.4, 0.5) is 0 Å². The first-order chi connectivity index (χ1) is 30.5. The number of hydrogen-bond donors (Lipinski definition) is 0. The van der Waals surface area contributed by atoms with E-state index in [0.29, 0.717) is 19.3 Å². The molecular formula is C56H88O6. The molecule has 1 atom stereocenters. The average molecular weight is 857 g/mol. The molecule has 0 saturated heterocycles. The van der Waals surface area contributed by atoms with Crippen LogP contribution in [0.15, 0.2) is 122 Å². The highest BCUT2D eigenvalue weighted by Gasteiger charge is 2.19. The van der Waals surface area contributed by atoms with Crippen LogP contribution < -0.4 is 0 Å². The van der Waals surface area contributed by atoms with Crippen molar-refractivity contribution in [3.63, 3.8) is 0 Å². The smallest absolute Gasteiger partial charge is 0.306 e. The van der Waals surface area contributed by atoms with Crippen molar-refractivity contribution in [1.82, 2.24) is 0 Å². The molecule has 0 heterocycles. The summed E-state index contributed by atoms with van der Waals surface area (Å²) in [6.07, 6.45) is 67.5. The summed E-state index contributed by atoms with van der Waals surface area (Å²) in [5, 5.41) is 0. The molecular weight excluding hydrogens is 769 g/mol. The van der Waals surface area contributed by atoms with Crippen LogP contribution in [0.5, 0.6) is 0 Å². The zero-order valence-corrected chi connectivity index (χ0v) is 39.6. The van der Waals surface area contributed by atoms with Gasteiger partial charge < -0.3 is 14.2 Å². The third-order valence-electron chi connectivity index (χ3n) is 9.68. The van der Waals surface area contributed by atoms with Gasteiger partial charge in [0.25, 0.3) is 0 Å². The fraction of sp³-hybridized carbons (Fsp3) is 0.589. The number of carbonyl (C=O) groups excluding carboxylic acids is 3. The van der Waals surface area contributed by atoms with Crippen molar-refractivity contribution in [2.75, 3.05) is 13.2 Å². The molecule has 0 rings (SSSR count). The molecule has 0 radical (unpaired) electrons. The van der Waals surface area contributed by atoms with Crippen molar-refractivity contribution in [3.8, 4) is 0 Å². The van der Waals surface area contributed by atoms with Gasteiger partial charge in [-0.25, -0.2) is 0 Å². The fourth-order valence-corrected chi connectivity index (χ4v) is 6.03. The summed E-state index contributed by atoms with van der Waals surface area (Å²) in [4.78, 5) is 37.9. The molecule has 0 aromatic rings. The van der Waals surface area contributed by atoms with Crippen LogP contribution in [0.1, 0.15) is 194 Å². The van der Waals surface area contributed by atoms with Crippen LogP contribution in [-0.2, 0) is 28.6 Å². The maximum atomic E-state index is 12.8. The number of carbonyl (C=O) groups is 3. The summed E-state index contributed by atoms with van der Waals surface area (Å²) in [6, 6.07) is 0. The van der Waals surface area contributed by atoms with Crippen molar-refractivity contribution in [3.05, 3.63) is 122 Å². The molecule has 1 unspecified atom stereocenters. The van der Waals surface area contributed by atoms with E-state index in [1.165, 1.54) is 19.3 Å². The van der Waals surface area contributed by atoms with E-state index in [9.17, 15) is 14.4 Å². The highest BCUT2D eigenvalue weighted by molar-refractivity contribution is 5.71. The summed E-state index contributed by atoms with van der Waals surface area (Å²) in [7, 11) is 0. The minimum absolute atomic E-state index is 0.119. The molecule has 6 nitrogen and oxygen atoms in total. The minimum Gasteiger partial charge on any atom is -0.462 e. The molecule has 0 aromatic heterocycles. The Morgan fingerprint density at radius 3 is 1.02 bits per heavy atom. The lowest BCUT2D eigenvalue weighted by Crippen LogP contribution is -2.30. The standard InChI is InChI=1S/C56H88O6/c1-4-7-10-13-16-19-22-25-28-31-34-37-40-43-46-49-55(58)61-52-53(51-60-54(57)48-45-42-39-36-33-30-27-24-21-18-15-12-9-6-3)62-56(59)50-47-44-41-38-35-32-29-26-23-20-17-14-11-8-5-2/h7-8,10-11,15-20,24-29,34-35,37-38,53H,4-6,9,12-14,21-23,30-33,36,39-52H2,1-3H3/b10-7-,11-8-,18-15-,19-16-,20-17-,27-24-,28-25-,29-26-,37-34-,38-35-. The first-order valence-electron chi connectivity index (χ1n) is 24.5. The number of esters is 3. The molecule has 0 aliphatic heterocycles. The quantitative estimate of drug-likeness (QED) is 0.0263. The predicted molar refractivity (Wildman–Crippen MR) is 265 cm³/mol. The Labute approximate surface area is 380 Å². The number of allylic oxidation sites excluding steroid dienone is 20. The van der Waals surface area contributed by atoms with Gasteiger partial charge in [0, 0.05) is 19.3 Å². The van der Waals surface area contributed by atoms with E-state index in [2.05, 4.69) is 142 Å². The number of ether oxygens (including phenoxy) is 3. The molecule has 0 N–H and O–H groups in total. The SMILES string of the molecule is CC/C=C\C/C=C\C/C=C\C/C=C\CCCCC(=O)OCC(COC(=O)CCCCCCC/C=C\C/C=C\CCCC)OC(=O)CCCC/C=C\C/C=C\C/C=C\C/C=C\CC. The van der Waals surface area contributed by atoms with E-state index >= 15 is 0 Å². The second-order valence-electron chi connectivity index (χ2n) is 15.6. The second-order valence-corrected chi connectivity index (χ2v) is 15.6. The Balaban J connectivity index is 4.58. The van der Waals surface area contributed by atoms with Gasteiger partial charge in [-0.2, -0.15) is 0 Å². The van der Waals surface area contributed by atoms with Gasteiger partial charge in [-0.15, -0.1) is 0 Å². The van der Waals surface area contributed by atoms with Gasteiger partial charge in [0.05, 0.1) is 0 Å². The molecule has 0 amide bonds. The molecule has 348 valence electrons. The molecule has 0 aromatic carbocycles. The van der Waals surface area contributed by atoms with Gasteiger partial charge in [0.2, 0.25) is 0 Å². The lowest BCUT2D eigenvalue weighted by atomic mass is 10.1. The molecule has 0 fully saturated rings. The van der Waals surface area contributed by atoms with Crippen molar-refractivity contribution < 1.29 is 28.6 Å². The van der Waals surface area contributed by atoms with Gasteiger partial charge in [0.1, 0.15) is 13.2 Å². The van der Waals surface area contributed by atoms with Crippen molar-refractivity contribution >= 4 is 17.9 Å². The number of rotatable bonds is 42. The molecule has 6 heteroatoms. The molecule has 0 spiro atoms. The zero-order chi connectivity index (χ0) is 45.1. The number of unbranched alkanes of at least 4 members (excludes halogenated alkanes) is 11. The van der Waals surface area contributed by atoms with E-state index in [-0.39, 0.29) is 44.0 Å². The van der Waals surface area contributed by atoms with Crippen LogP contribution in [0.25, 0.3) is 0 Å². The number of hydrogen-bond acceptors (Lipinski definition) is 6. The monoisotopic (exact) mass is 857 g/mol. The lowest BCUT2D eigenvalue weighted by molar-refractivity contribution is -0.167. The first kappa shape index (κ1) is 57.8.